The smallest absolute Gasteiger partial charge is 0.323 e. The summed E-state index contributed by atoms with van der Waals surface area (Å²) in [5.74, 6) is -0.713. The van der Waals surface area contributed by atoms with Gasteiger partial charge in [0.2, 0.25) is 0 Å². The summed E-state index contributed by atoms with van der Waals surface area (Å²) in [7, 11) is 0. The summed E-state index contributed by atoms with van der Waals surface area (Å²) < 4.78 is 0. The lowest BCUT2D eigenvalue weighted by atomic mass is 9.90. The van der Waals surface area contributed by atoms with Crippen molar-refractivity contribution in [1.29, 1.82) is 0 Å². The van der Waals surface area contributed by atoms with Gasteiger partial charge in [0.1, 0.15) is 5.54 Å². The molecule has 15 heavy (non-hydrogen) atoms. The molecule has 0 amide bonds. The van der Waals surface area contributed by atoms with Crippen molar-refractivity contribution in [2.45, 2.75) is 70.4 Å². The Labute approximate surface area is 92.3 Å². The first-order chi connectivity index (χ1) is 7.08. The minimum atomic E-state index is -0.725. The van der Waals surface area contributed by atoms with Crippen molar-refractivity contribution in [1.82, 2.24) is 5.32 Å². The fraction of sp³-hybridized carbons (Fsp3) is 0.917. The fourth-order valence-electron chi connectivity index (χ4n) is 2.44. The van der Waals surface area contributed by atoms with Crippen molar-refractivity contribution in [2.24, 2.45) is 0 Å². The molecule has 0 aliphatic heterocycles. The standard InChI is InChI=1S/C12H23NO2/c1-3-9-12(2,11(14)15)13-10-7-5-4-6-8-10/h10,13H,3-9H2,1-2H3,(H,14,15). The molecule has 3 nitrogen and oxygen atoms in total. The molecule has 1 unspecified atom stereocenters. The predicted molar refractivity (Wildman–Crippen MR) is 61.0 cm³/mol. The van der Waals surface area contributed by atoms with Gasteiger partial charge in [0.05, 0.1) is 0 Å². The van der Waals surface area contributed by atoms with E-state index in [1.165, 1.54) is 19.3 Å². The normalized spacial score (nSPS) is 22.3. The van der Waals surface area contributed by atoms with Crippen LogP contribution >= 0.6 is 0 Å². The highest BCUT2D eigenvalue weighted by atomic mass is 16.4. The third-order valence-corrected chi connectivity index (χ3v) is 3.35. The Morgan fingerprint density at radius 1 is 1.40 bits per heavy atom. The van der Waals surface area contributed by atoms with Gasteiger partial charge in [0.25, 0.3) is 0 Å². The number of carboxylic acid groups (broad SMARTS) is 1. The van der Waals surface area contributed by atoms with Crippen LogP contribution in [0.5, 0.6) is 0 Å². The first kappa shape index (κ1) is 12.5. The lowest BCUT2D eigenvalue weighted by Crippen LogP contribution is -2.54. The summed E-state index contributed by atoms with van der Waals surface area (Å²) >= 11 is 0. The zero-order valence-electron chi connectivity index (χ0n) is 9.88. The fourth-order valence-corrected chi connectivity index (χ4v) is 2.44. The Hall–Kier alpha value is -0.570. The summed E-state index contributed by atoms with van der Waals surface area (Å²) in [4.78, 5) is 11.2. The van der Waals surface area contributed by atoms with E-state index in [1.807, 2.05) is 13.8 Å². The lowest BCUT2D eigenvalue weighted by Gasteiger charge is -2.33. The second-order valence-corrected chi connectivity index (χ2v) is 4.87. The van der Waals surface area contributed by atoms with Crippen molar-refractivity contribution in [3.05, 3.63) is 0 Å². The van der Waals surface area contributed by atoms with Gasteiger partial charge >= 0.3 is 5.97 Å². The van der Waals surface area contributed by atoms with E-state index in [4.69, 9.17) is 0 Å². The van der Waals surface area contributed by atoms with E-state index in [2.05, 4.69) is 5.32 Å². The monoisotopic (exact) mass is 213 g/mol. The minimum Gasteiger partial charge on any atom is -0.480 e. The molecule has 1 aliphatic rings. The molecule has 1 fully saturated rings. The topological polar surface area (TPSA) is 49.3 Å². The lowest BCUT2D eigenvalue weighted by molar-refractivity contribution is -0.145. The molecule has 1 atom stereocenters. The van der Waals surface area contributed by atoms with Crippen molar-refractivity contribution in [3.8, 4) is 0 Å². The molecule has 0 bridgehead atoms. The number of aliphatic carboxylic acids is 1. The summed E-state index contributed by atoms with van der Waals surface area (Å²) in [5.41, 5.74) is -0.725. The summed E-state index contributed by atoms with van der Waals surface area (Å²) in [6, 6.07) is 0.409. The summed E-state index contributed by atoms with van der Waals surface area (Å²) in [5, 5.41) is 12.6. The molecule has 88 valence electrons. The van der Waals surface area contributed by atoms with Gasteiger partial charge in [-0.3, -0.25) is 10.1 Å². The molecule has 1 aliphatic carbocycles. The SMILES string of the molecule is CCCC(C)(NC1CCCCC1)C(=O)O. The number of hydrogen-bond donors (Lipinski definition) is 2. The van der Waals surface area contributed by atoms with Crippen LogP contribution in [0.2, 0.25) is 0 Å². The maximum absolute atomic E-state index is 11.2. The predicted octanol–water partition coefficient (Wildman–Crippen LogP) is 2.55. The first-order valence-electron chi connectivity index (χ1n) is 6.09. The van der Waals surface area contributed by atoms with Crippen LogP contribution in [0.3, 0.4) is 0 Å². The molecule has 1 saturated carbocycles. The summed E-state index contributed by atoms with van der Waals surface area (Å²) in [6.45, 7) is 3.84. The maximum Gasteiger partial charge on any atom is 0.323 e. The van der Waals surface area contributed by atoms with Crippen LogP contribution in [0.25, 0.3) is 0 Å². The average Bonchev–Trinajstić information content (AvgIpc) is 2.19. The van der Waals surface area contributed by atoms with E-state index in [-0.39, 0.29) is 0 Å². The van der Waals surface area contributed by atoms with Gasteiger partial charge in [-0.25, -0.2) is 0 Å². The first-order valence-corrected chi connectivity index (χ1v) is 6.09. The van der Waals surface area contributed by atoms with Crippen LogP contribution in [0.15, 0.2) is 0 Å². The molecule has 2 N–H and O–H groups in total. The third-order valence-electron chi connectivity index (χ3n) is 3.35. The van der Waals surface area contributed by atoms with Gasteiger partial charge in [-0.15, -0.1) is 0 Å². The Balaban J connectivity index is 2.52. The molecule has 0 aromatic rings. The van der Waals surface area contributed by atoms with Crippen LogP contribution in [0.4, 0.5) is 0 Å². The molecule has 0 radical (unpaired) electrons. The molecule has 3 heteroatoms. The van der Waals surface area contributed by atoms with Crippen LogP contribution in [0.1, 0.15) is 58.8 Å². The Bertz CT molecular complexity index is 212. The van der Waals surface area contributed by atoms with Crippen molar-refractivity contribution in [3.63, 3.8) is 0 Å². The molecule has 0 saturated heterocycles. The number of carbonyl (C=O) groups is 1. The number of carboxylic acids is 1. The number of rotatable bonds is 5. The minimum absolute atomic E-state index is 0.409. The van der Waals surface area contributed by atoms with Gasteiger partial charge in [0, 0.05) is 6.04 Å². The third kappa shape index (κ3) is 3.49. The van der Waals surface area contributed by atoms with Crippen LogP contribution in [-0.2, 0) is 4.79 Å². The van der Waals surface area contributed by atoms with Gasteiger partial charge in [-0.05, 0) is 26.2 Å². The Morgan fingerprint density at radius 3 is 2.47 bits per heavy atom. The average molecular weight is 213 g/mol. The van der Waals surface area contributed by atoms with E-state index in [1.54, 1.807) is 0 Å². The quantitative estimate of drug-likeness (QED) is 0.738. The van der Waals surface area contributed by atoms with Crippen molar-refractivity contribution >= 4 is 5.97 Å². The van der Waals surface area contributed by atoms with Gasteiger partial charge in [0.15, 0.2) is 0 Å². The molecule has 0 aromatic carbocycles. The van der Waals surface area contributed by atoms with E-state index < -0.39 is 11.5 Å². The highest BCUT2D eigenvalue weighted by Gasteiger charge is 2.34. The van der Waals surface area contributed by atoms with E-state index >= 15 is 0 Å². The van der Waals surface area contributed by atoms with E-state index in [0.29, 0.717) is 12.5 Å². The molecular formula is C12H23NO2. The van der Waals surface area contributed by atoms with Crippen molar-refractivity contribution < 1.29 is 9.90 Å². The van der Waals surface area contributed by atoms with Gasteiger partial charge in [-0.2, -0.15) is 0 Å². The van der Waals surface area contributed by atoms with E-state index in [0.717, 1.165) is 19.3 Å². The Morgan fingerprint density at radius 2 is 2.00 bits per heavy atom. The van der Waals surface area contributed by atoms with Crippen LogP contribution < -0.4 is 5.32 Å². The highest BCUT2D eigenvalue weighted by molar-refractivity contribution is 5.78. The van der Waals surface area contributed by atoms with Gasteiger partial charge in [-0.1, -0.05) is 32.6 Å². The molecular weight excluding hydrogens is 190 g/mol. The zero-order valence-corrected chi connectivity index (χ0v) is 9.88. The van der Waals surface area contributed by atoms with Crippen molar-refractivity contribution in [2.75, 3.05) is 0 Å². The summed E-state index contributed by atoms with van der Waals surface area (Å²) in [6.07, 6.45) is 7.65. The van der Waals surface area contributed by atoms with Gasteiger partial charge < -0.3 is 5.11 Å². The van der Waals surface area contributed by atoms with E-state index in [9.17, 15) is 9.90 Å². The molecule has 0 heterocycles. The highest BCUT2D eigenvalue weighted by Crippen LogP contribution is 2.22. The molecule has 0 aromatic heterocycles. The second-order valence-electron chi connectivity index (χ2n) is 4.87. The van der Waals surface area contributed by atoms with Crippen LogP contribution in [0, 0.1) is 0 Å². The second kappa shape index (κ2) is 5.50. The largest absolute Gasteiger partial charge is 0.480 e. The Kier molecular flexibility index (Phi) is 4.58. The zero-order chi connectivity index (χ0) is 11.3. The maximum atomic E-state index is 11.2. The number of hydrogen-bond acceptors (Lipinski definition) is 2. The number of nitrogens with one attached hydrogen (secondary N) is 1. The molecule has 0 spiro atoms. The molecule has 1 rings (SSSR count). The van der Waals surface area contributed by atoms with Crippen LogP contribution in [-0.4, -0.2) is 22.7 Å².